The number of hydrogen-bond acceptors (Lipinski definition) is 7. The van der Waals surface area contributed by atoms with Gasteiger partial charge in [0.05, 0.1) is 34.0 Å². The van der Waals surface area contributed by atoms with Crippen molar-refractivity contribution < 1.29 is 19.0 Å². The van der Waals surface area contributed by atoms with Gasteiger partial charge < -0.3 is 24.4 Å². The lowest BCUT2D eigenvalue weighted by Crippen LogP contribution is -2.37. The average Bonchev–Trinajstić information content (AvgIpc) is 2.76. The molecule has 0 aliphatic carbocycles. The highest BCUT2D eigenvalue weighted by Crippen LogP contribution is 2.27. The maximum absolute atomic E-state index is 12.1. The molecule has 0 radical (unpaired) electrons. The normalized spacial score (nSPS) is 14.1. The Morgan fingerprint density at radius 3 is 2.75 bits per heavy atom. The first-order valence-electron chi connectivity index (χ1n) is 9.02. The molecule has 1 fully saturated rings. The standard InChI is InChI=1S/C20H24N4O4/c1-26-16-5-3-15(13-17(16)27-2)4-6-20(25)22-14-18-21-8-7-19(23-18)24-9-11-28-12-10-24/h3-8,13H,9-12,14H2,1-2H3,(H,22,25)/b6-4+. The van der Waals surface area contributed by atoms with E-state index in [1.165, 1.54) is 6.08 Å². The Labute approximate surface area is 164 Å². The fourth-order valence-electron chi connectivity index (χ4n) is 2.80. The largest absolute Gasteiger partial charge is 0.493 e. The number of hydrogen-bond donors (Lipinski definition) is 1. The molecule has 0 bridgehead atoms. The summed E-state index contributed by atoms with van der Waals surface area (Å²) in [6.07, 6.45) is 4.88. The minimum atomic E-state index is -0.227. The molecule has 8 nitrogen and oxygen atoms in total. The Balaban J connectivity index is 1.56. The number of rotatable bonds is 7. The third kappa shape index (κ3) is 5.20. The third-order valence-corrected chi connectivity index (χ3v) is 4.28. The SMILES string of the molecule is COc1ccc(/C=C/C(=O)NCc2nccc(N3CCOCC3)n2)cc1OC. The molecular formula is C20H24N4O4. The maximum atomic E-state index is 12.1. The Kier molecular flexibility index (Phi) is 6.80. The van der Waals surface area contributed by atoms with Crippen molar-refractivity contribution in [2.24, 2.45) is 0 Å². The van der Waals surface area contributed by atoms with E-state index in [2.05, 4.69) is 20.2 Å². The highest BCUT2D eigenvalue weighted by Gasteiger charge is 2.13. The number of nitrogens with one attached hydrogen (secondary N) is 1. The van der Waals surface area contributed by atoms with Gasteiger partial charge in [-0.2, -0.15) is 0 Å². The first-order chi connectivity index (χ1) is 13.7. The van der Waals surface area contributed by atoms with E-state index in [0.29, 0.717) is 30.5 Å². The van der Waals surface area contributed by atoms with Crippen molar-refractivity contribution >= 4 is 17.8 Å². The third-order valence-electron chi connectivity index (χ3n) is 4.28. The molecular weight excluding hydrogens is 360 g/mol. The molecule has 8 heteroatoms. The van der Waals surface area contributed by atoms with Crippen LogP contribution >= 0.6 is 0 Å². The maximum Gasteiger partial charge on any atom is 0.244 e. The molecule has 1 aromatic heterocycles. The summed E-state index contributed by atoms with van der Waals surface area (Å²) in [5.41, 5.74) is 0.832. The van der Waals surface area contributed by atoms with E-state index in [-0.39, 0.29) is 12.5 Å². The van der Waals surface area contributed by atoms with Gasteiger partial charge in [-0.25, -0.2) is 9.97 Å². The van der Waals surface area contributed by atoms with E-state index < -0.39 is 0 Å². The molecule has 1 aromatic carbocycles. The van der Waals surface area contributed by atoms with Gasteiger partial charge >= 0.3 is 0 Å². The molecule has 0 spiro atoms. The van der Waals surface area contributed by atoms with Crippen LogP contribution in [0, 0.1) is 0 Å². The van der Waals surface area contributed by atoms with Gasteiger partial charge in [0, 0.05) is 25.4 Å². The highest BCUT2D eigenvalue weighted by molar-refractivity contribution is 5.91. The van der Waals surface area contributed by atoms with Gasteiger partial charge in [-0.3, -0.25) is 4.79 Å². The number of nitrogens with zero attached hydrogens (tertiary/aromatic N) is 3. The molecule has 1 aliphatic rings. The van der Waals surface area contributed by atoms with Crippen LogP contribution in [0.2, 0.25) is 0 Å². The second kappa shape index (κ2) is 9.70. The van der Waals surface area contributed by atoms with Crippen LogP contribution in [0.5, 0.6) is 11.5 Å². The van der Waals surface area contributed by atoms with Crippen LogP contribution < -0.4 is 19.7 Å². The molecule has 28 heavy (non-hydrogen) atoms. The van der Waals surface area contributed by atoms with Crippen LogP contribution in [0.3, 0.4) is 0 Å². The van der Waals surface area contributed by atoms with Crippen molar-refractivity contribution in [1.82, 2.24) is 15.3 Å². The van der Waals surface area contributed by atoms with Gasteiger partial charge in [-0.15, -0.1) is 0 Å². The van der Waals surface area contributed by atoms with Crippen molar-refractivity contribution in [3.8, 4) is 11.5 Å². The monoisotopic (exact) mass is 384 g/mol. The fourth-order valence-corrected chi connectivity index (χ4v) is 2.80. The van der Waals surface area contributed by atoms with E-state index in [9.17, 15) is 4.79 Å². The molecule has 2 aromatic rings. The number of anilines is 1. The Morgan fingerprint density at radius 2 is 2.00 bits per heavy atom. The number of carbonyl (C=O) groups is 1. The highest BCUT2D eigenvalue weighted by atomic mass is 16.5. The lowest BCUT2D eigenvalue weighted by atomic mass is 10.2. The minimum absolute atomic E-state index is 0.227. The molecule has 1 amide bonds. The molecule has 3 rings (SSSR count). The molecule has 0 atom stereocenters. The van der Waals surface area contributed by atoms with Crippen LogP contribution in [0.1, 0.15) is 11.4 Å². The van der Waals surface area contributed by atoms with Crippen LogP contribution in [0.15, 0.2) is 36.5 Å². The molecule has 1 saturated heterocycles. The topological polar surface area (TPSA) is 85.8 Å². The summed E-state index contributed by atoms with van der Waals surface area (Å²) in [6, 6.07) is 7.31. The number of aromatic nitrogens is 2. The average molecular weight is 384 g/mol. The summed E-state index contributed by atoms with van der Waals surface area (Å²) in [7, 11) is 3.15. The summed E-state index contributed by atoms with van der Waals surface area (Å²) >= 11 is 0. The van der Waals surface area contributed by atoms with Crippen LogP contribution in [0.25, 0.3) is 6.08 Å². The van der Waals surface area contributed by atoms with E-state index >= 15 is 0 Å². The Hall–Kier alpha value is -3.13. The van der Waals surface area contributed by atoms with Crippen molar-refractivity contribution in [3.63, 3.8) is 0 Å². The summed E-state index contributed by atoms with van der Waals surface area (Å²) in [6.45, 7) is 3.25. The second-order valence-corrected chi connectivity index (χ2v) is 6.10. The number of morpholine rings is 1. The van der Waals surface area contributed by atoms with Crippen LogP contribution in [-0.4, -0.2) is 56.4 Å². The lowest BCUT2D eigenvalue weighted by molar-refractivity contribution is -0.116. The van der Waals surface area contributed by atoms with Crippen molar-refractivity contribution in [1.29, 1.82) is 0 Å². The predicted molar refractivity (Wildman–Crippen MR) is 105 cm³/mol. The fraction of sp³-hybridized carbons (Fsp3) is 0.350. The Morgan fingerprint density at radius 1 is 1.21 bits per heavy atom. The second-order valence-electron chi connectivity index (χ2n) is 6.10. The van der Waals surface area contributed by atoms with Gasteiger partial charge in [-0.1, -0.05) is 6.07 Å². The zero-order valence-electron chi connectivity index (χ0n) is 16.1. The van der Waals surface area contributed by atoms with Gasteiger partial charge in [0.25, 0.3) is 0 Å². The van der Waals surface area contributed by atoms with Crippen LogP contribution in [-0.2, 0) is 16.1 Å². The quantitative estimate of drug-likeness (QED) is 0.727. The summed E-state index contributed by atoms with van der Waals surface area (Å²) < 4.78 is 15.8. The van der Waals surface area contributed by atoms with E-state index in [1.54, 1.807) is 38.6 Å². The van der Waals surface area contributed by atoms with E-state index in [0.717, 1.165) is 24.5 Å². The first kappa shape index (κ1) is 19.6. The molecule has 1 aliphatic heterocycles. The van der Waals surface area contributed by atoms with Gasteiger partial charge in [-0.05, 0) is 29.8 Å². The number of benzene rings is 1. The lowest BCUT2D eigenvalue weighted by Gasteiger charge is -2.27. The number of carbonyl (C=O) groups excluding carboxylic acids is 1. The Bertz CT molecular complexity index is 835. The minimum Gasteiger partial charge on any atom is -0.493 e. The number of ether oxygens (including phenoxy) is 3. The smallest absolute Gasteiger partial charge is 0.244 e. The predicted octanol–water partition coefficient (Wildman–Crippen LogP) is 1.66. The van der Waals surface area contributed by atoms with Crippen molar-refractivity contribution in [2.75, 3.05) is 45.4 Å². The van der Waals surface area contributed by atoms with Crippen molar-refractivity contribution in [3.05, 3.63) is 47.9 Å². The van der Waals surface area contributed by atoms with E-state index in [4.69, 9.17) is 14.2 Å². The van der Waals surface area contributed by atoms with Crippen molar-refractivity contribution in [2.45, 2.75) is 6.54 Å². The molecule has 0 saturated carbocycles. The zero-order valence-corrected chi connectivity index (χ0v) is 16.1. The van der Waals surface area contributed by atoms with Gasteiger partial charge in [0.15, 0.2) is 11.5 Å². The summed E-state index contributed by atoms with van der Waals surface area (Å²) in [5, 5.41) is 2.80. The number of methoxy groups -OCH3 is 2. The number of amides is 1. The van der Waals surface area contributed by atoms with Gasteiger partial charge in [0.2, 0.25) is 5.91 Å². The molecule has 2 heterocycles. The van der Waals surface area contributed by atoms with Crippen LogP contribution in [0.4, 0.5) is 5.82 Å². The zero-order chi connectivity index (χ0) is 19.8. The first-order valence-corrected chi connectivity index (χ1v) is 9.02. The molecule has 1 N–H and O–H groups in total. The summed E-state index contributed by atoms with van der Waals surface area (Å²) in [4.78, 5) is 23.0. The van der Waals surface area contributed by atoms with E-state index in [1.807, 2.05) is 12.1 Å². The summed E-state index contributed by atoms with van der Waals surface area (Å²) in [5.74, 6) is 2.44. The van der Waals surface area contributed by atoms with Gasteiger partial charge in [0.1, 0.15) is 11.6 Å². The molecule has 0 unspecified atom stereocenters. The molecule has 148 valence electrons.